The molecule has 1 amide bonds. The lowest BCUT2D eigenvalue weighted by Crippen LogP contribution is -2.41. The van der Waals surface area contributed by atoms with Crippen LogP contribution in [0.2, 0.25) is 10.0 Å². The Morgan fingerprint density at radius 1 is 1.12 bits per heavy atom. The van der Waals surface area contributed by atoms with E-state index in [1.165, 1.54) is 32.2 Å². The Labute approximate surface area is 162 Å². The quantitative estimate of drug-likeness (QED) is 0.752. The van der Waals surface area contributed by atoms with E-state index in [9.17, 15) is 13.2 Å². The minimum atomic E-state index is -3.94. The smallest absolute Gasteiger partial charge is 0.242 e. The standard InChI is InChI=1S/C17H18Cl2N2O4S/c1-10-4-5-12(8-14(10)18)20-17(22)11(2)21-26(23,24)13-6-7-16(25-3)15(19)9-13/h4-9,11,21H,1-3H3,(H,20,22)/t11-/m1/s1. The molecule has 0 aliphatic heterocycles. The molecule has 0 aromatic heterocycles. The van der Waals surface area contributed by atoms with Crippen LogP contribution in [-0.4, -0.2) is 27.5 Å². The number of carbonyl (C=O) groups excluding carboxylic acids is 1. The van der Waals surface area contributed by atoms with Crippen LogP contribution in [0.3, 0.4) is 0 Å². The van der Waals surface area contributed by atoms with Gasteiger partial charge in [0.15, 0.2) is 0 Å². The zero-order valence-electron chi connectivity index (χ0n) is 14.3. The first-order valence-electron chi connectivity index (χ1n) is 7.57. The third-order valence-corrected chi connectivity index (χ3v) is 5.84. The molecule has 0 saturated carbocycles. The van der Waals surface area contributed by atoms with Crippen molar-refractivity contribution in [2.24, 2.45) is 0 Å². The molecule has 0 aliphatic carbocycles. The number of aryl methyl sites for hydroxylation is 1. The summed E-state index contributed by atoms with van der Waals surface area (Å²) in [5.41, 5.74) is 1.35. The van der Waals surface area contributed by atoms with Crippen LogP contribution < -0.4 is 14.8 Å². The molecule has 0 heterocycles. The summed E-state index contributed by atoms with van der Waals surface area (Å²) in [6.07, 6.45) is 0. The lowest BCUT2D eigenvalue weighted by molar-refractivity contribution is -0.117. The van der Waals surface area contributed by atoms with Gasteiger partial charge in [-0.2, -0.15) is 4.72 Å². The lowest BCUT2D eigenvalue weighted by Gasteiger charge is -2.15. The van der Waals surface area contributed by atoms with Crippen molar-refractivity contribution in [3.8, 4) is 5.75 Å². The average Bonchev–Trinajstić information content (AvgIpc) is 2.57. The van der Waals surface area contributed by atoms with Crippen molar-refractivity contribution < 1.29 is 17.9 Å². The topological polar surface area (TPSA) is 84.5 Å². The van der Waals surface area contributed by atoms with Gasteiger partial charge in [-0.1, -0.05) is 29.3 Å². The largest absolute Gasteiger partial charge is 0.495 e. The molecule has 1 atom stereocenters. The molecule has 2 rings (SSSR count). The van der Waals surface area contributed by atoms with Gasteiger partial charge < -0.3 is 10.1 Å². The second kappa shape index (κ2) is 8.26. The predicted octanol–water partition coefficient (Wildman–Crippen LogP) is 3.62. The zero-order valence-corrected chi connectivity index (χ0v) is 16.7. The first-order chi connectivity index (χ1) is 12.1. The Kier molecular flexibility index (Phi) is 6.52. The molecule has 2 N–H and O–H groups in total. The van der Waals surface area contributed by atoms with Crippen LogP contribution in [0.4, 0.5) is 5.69 Å². The number of methoxy groups -OCH3 is 1. The third kappa shape index (κ3) is 4.88. The van der Waals surface area contributed by atoms with Gasteiger partial charge in [0.25, 0.3) is 0 Å². The van der Waals surface area contributed by atoms with Gasteiger partial charge >= 0.3 is 0 Å². The first kappa shape index (κ1) is 20.5. The molecular formula is C17H18Cl2N2O4S. The normalized spacial score (nSPS) is 12.5. The maximum absolute atomic E-state index is 12.4. The van der Waals surface area contributed by atoms with Crippen molar-refractivity contribution in [3.63, 3.8) is 0 Å². The Morgan fingerprint density at radius 3 is 2.38 bits per heavy atom. The Hall–Kier alpha value is -1.80. The number of ether oxygens (including phenoxy) is 1. The molecule has 0 unspecified atom stereocenters. The van der Waals surface area contributed by atoms with Crippen molar-refractivity contribution in [3.05, 3.63) is 52.0 Å². The van der Waals surface area contributed by atoms with E-state index in [0.29, 0.717) is 16.5 Å². The molecule has 2 aromatic carbocycles. The summed E-state index contributed by atoms with van der Waals surface area (Å²) in [5, 5.41) is 3.28. The van der Waals surface area contributed by atoms with Crippen LogP contribution in [-0.2, 0) is 14.8 Å². The number of hydrogen-bond donors (Lipinski definition) is 2. The highest BCUT2D eigenvalue weighted by atomic mass is 35.5. The number of rotatable bonds is 6. The monoisotopic (exact) mass is 416 g/mol. The predicted molar refractivity (Wildman–Crippen MR) is 103 cm³/mol. The molecule has 0 saturated heterocycles. The van der Waals surface area contributed by atoms with Gasteiger partial charge in [0.05, 0.1) is 23.1 Å². The molecule has 0 spiro atoms. The Morgan fingerprint density at radius 2 is 1.81 bits per heavy atom. The minimum Gasteiger partial charge on any atom is -0.495 e. The maximum Gasteiger partial charge on any atom is 0.242 e. The number of anilines is 1. The van der Waals surface area contributed by atoms with Crippen molar-refractivity contribution in [1.82, 2.24) is 4.72 Å². The van der Waals surface area contributed by atoms with Gasteiger partial charge in [0, 0.05) is 10.7 Å². The minimum absolute atomic E-state index is 0.0682. The van der Waals surface area contributed by atoms with Gasteiger partial charge in [0.1, 0.15) is 5.75 Å². The molecule has 26 heavy (non-hydrogen) atoms. The van der Waals surface area contributed by atoms with Crippen LogP contribution in [0, 0.1) is 6.92 Å². The fourth-order valence-electron chi connectivity index (χ4n) is 2.09. The summed E-state index contributed by atoms with van der Waals surface area (Å²) < 4.78 is 32.2. The third-order valence-electron chi connectivity index (χ3n) is 3.60. The average molecular weight is 417 g/mol. The van der Waals surface area contributed by atoms with Gasteiger partial charge in [-0.05, 0) is 49.7 Å². The van der Waals surface area contributed by atoms with Crippen LogP contribution in [0.1, 0.15) is 12.5 Å². The van der Waals surface area contributed by atoms with Crippen LogP contribution in [0.25, 0.3) is 0 Å². The molecule has 0 fully saturated rings. The Bertz CT molecular complexity index is 932. The van der Waals surface area contributed by atoms with E-state index in [1.54, 1.807) is 18.2 Å². The van der Waals surface area contributed by atoms with E-state index >= 15 is 0 Å². The van der Waals surface area contributed by atoms with E-state index in [2.05, 4.69) is 10.0 Å². The number of nitrogens with one attached hydrogen (secondary N) is 2. The van der Waals surface area contributed by atoms with E-state index in [0.717, 1.165) is 5.56 Å². The highest BCUT2D eigenvalue weighted by Gasteiger charge is 2.23. The second-order valence-electron chi connectivity index (χ2n) is 5.59. The summed E-state index contributed by atoms with van der Waals surface area (Å²) in [6, 6.07) is 8.07. The molecule has 0 radical (unpaired) electrons. The van der Waals surface area contributed by atoms with Gasteiger partial charge in [-0.15, -0.1) is 0 Å². The molecule has 0 bridgehead atoms. The van der Waals surface area contributed by atoms with E-state index in [-0.39, 0.29) is 9.92 Å². The fraction of sp³-hybridized carbons (Fsp3) is 0.235. The number of sulfonamides is 1. The van der Waals surface area contributed by atoms with Crippen molar-refractivity contribution in [1.29, 1.82) is 0 Å². The van der Waals surface area contributed by atoms with Crippen LogP contribution in [0.5, 0.6) is 5.75 Å². The van der Waals surface area contributed by atoms with Crippen molar-refractivity contribution >= 4 is 44.8 Å². The van der Waals surface area contributed by atoms with Crippen LogP contribution >= 0.6 is 23.2 Å². The van der Waals surface area contributed by atoms with E-state index in [4.69, 9.17) is 27.9 Å². The summed E-state index contributed by atoms with van der Waals surface area (Å²) in [6.45, 7) is 3.28. The summed E-state index contributed by atoms with van der Waals surface area (Å²) >= 11 is 12.0. The van der Waals surface area contributed by atoms with Crippen molar-refractivity contribution in [2.45, 2.75) is 24.8 Å². The number of benzene rings is 2. The van der Waals surface area contributed by atoms with Gasteiger partial charge in [-0.25, -0.2) is 8.42 Å². The maximum atomic E-state index is 12.4. The lowest BCUT2D eigenvalue weighted by atomic mass is 10.2. The van der Waals surface area contributed by atoms with Crippen LogP contribution in [0.15, 0.2) is 41.3 Å². The fourth-order valence-corrected chi connectivity index (χ4v) is 3.82. The number of carbonyl (C=O) groups is 1. The van der Waals surface area contributed by atoms with Gasteiger partial charge in [0.2, 0.25) is 15.9 Å². The molecule has 0 aliphatic rings. The number of hydrogen-bond acceptors (Lipinski definition) is 4. The summed E-state index contributed by atoms with van der Waals surface area (Å²) in [7, 11) is -2.51. The molecule has 9 heteroatoms. The highest BCUT2D eigenvalue weighted by Crippen LogP contribution is 2.27. The number of halogens is 2. The zero-order chi connectivity index (χ0) is 19.5. The summed E-state index contributed by atoms with van der Waals surface area (Å²) in [4.78, 5) is 12.2. The molecule has 6 nitrogen and oxygen atoms in total. The van der Waals surface area contributed by atoms with Crippen molar-refractivity contribution in [2.75, 3.05) is 12.4 Å². The summed E-state index contributed by atoms with van der Waals surface area (Å²) in [5.74, 6) is -0.166. The Balaban J connectivity index is 2.11. The second-order valence-corrected chi connectivity index (χ2v) is 8.12. The first-order valence-corrected chi connectivity index (χ1v) is 9.81. The molecular weight excluding hydrogens is 399 g/mol. The van der Waals surface area contributed by atoms with Gasteiger partial charge in [-0.3, -0.25) is 4.79 Å². The molecule has 2 aromatic rings. The van der Waals surface area contributed by atoms with E-state index < -0.39 is 22.0 Å². The van der Waals surface area contributed by atoms with E-state index in [1.807, 2.05) is 6.92 Å². The SMILES string of the molecule is COc1ccc(S(=O)(=O)N[C@H](C)C(=O)Nc2ccc(C)c(Cl)c2)cc1Cl. The molecule has 140 valence electrons. The highest BCUT2D eigenvalue weighted by molar-refractivity contribution is 7.89. The number of amides is 1.